The number of carbonyl (C=O) groups excluding carboxylic acids is 2. The van der Waals surface area contributed by atoms with Gasteiger partial charge in [-0.15, -0.1) is 0 Å². The summed E-state index contributed by atoms with van der Waals surface area (Å²) in [6.07, 6.45) is 12.7. The predicted octanol–water partition coefficient (Wildman–Crippen LogP) is 4.91. The molecule has 0 unspecified atom stereocenters. The number of rotatable bonds is 10. The zero-order valence-corrected chi connectivity index (χ0v) is 12.8. The molecule has 0 radical (unpaired) electrons. The van der Waals surface area contributed by atoms with E-state index in [1.807, 2.05) is 18.2 Å². The highest BCUT2D eigenvalue weighted by molar-refractivity contribution is 6.04. The van der Waals surface area contributed by atoms with Crippen LogP contribution in [-0.4, -0.2) is 11.6 Å². The first-order valence-corrected chi connectivity index (χ1v) is 7.71. The van der Waals surface area contributed by atoms with E-state index in [9.17, 15) is 9.59 Å². The minimum absolute atomic E-state index is 0.0488. The molecule has 0 heterocycles. The zero-order valence-electron chi connectivity index (χ0n) is 12.8. The number of hydrogen-bond donors (Lipinski definition) is 0. The van der Waals surface area contributed by atoms with E-state index in [1.54, 1.807) is 30.4 Å². The van der Waals surface area contributed by atoms with E-state index >= 15 is 0 Å². The Kier molecular flexibility index (Phi) is 8.78. The summed E-state index contributed by atoms with van der Waals surface area (Å²) >= 11 is 0. The Bertz CT molecular complexity index is 484. The molecule has 2 nitrogen and oxygen atoms in total. The van der Waals surface area contributed by atoms with Crippen LogP contribution in [-0.2, 0) is 4.79 Å². The lowest BCUT2D eigenvalue weighted by atomic mass is 10.1. The van der Waals surface area contributed by atoms with Crippen LogP contribution in [0.4, 0.5) is 0 Å². The number of benzene rings is 1. The number of unbranched alkanes of at least 4 members (excludes halogenated alkanes) is 4. The van der Waals surface area contributed by atoms with Gasteiger partial charge in [-0.25, -0.2) is 0 Å². The molecule has 0 spiro atoms. The van der Waals surface area contributed by atoms with E-state index in [0.717, 1.165) is 12.8 Å². The number of ketones is 2. The first-order chi connectivity index (χ1) is 10.2. The standard InChI is InChI=1S/C19H24O2/c1-2-3-4-5-9-14-18(20)15-10-11-16-19(21)17-12-7-6-8-13-17/h6-8,10-13,15-16H,2-5,9,14H2,1H3/b15-10+,16-11+. The van der Waals surface area contributed by atoms with Crippen LogP contribution in [0.25, 0.3) is 0 Å². The average molecular weight is 284 g/mol. The maximum absolute atomic E-state index is 11.8. The Balaban J connectivity index is 2.25. The molecule has 1 aromatic rings. The van der Waals surface area contributed by atoms with Crippen molar-refractivity contribution in [1.82, 2.24) is 0 Å². The third-order valence-corrected chi connectivity index (χ3v) is 3.23. The van der Waals surface area contributed by atoms with E-state index in [2.05, 4.69) is 6.92 Å². The largest absolute Gasteiger partial charge is 0.295 e. The molecule has 0 fully saturated rings. The normalized spacial score (nSPS) is 11.3. The molecule has 1 rings (SSSR count). The van der Waals surface area contributed by atoms with Crippen molar-refractivity contribution >= 4 is 11.6 Å². The molecule has 0 saturated carbocycles. The van der Waals surface area contributed by atoms with Crippen LogP contribution in [0.5, 0.6) is 0 Å². The van der Waals surface area contributed by atoms with E-state index in [-0.39, 0.29) is 11.6 Å². The molecular weight excluding hydrogens is 260 g/mol. The van der Waals surface area contributed by atoms with Gasteiger partial charge < -0.3 is 0 Å². The first kappa shape index (κ1) is 17.1. The van der Waals surface area contributed by atoms with Gasteiger partial charge in [0.25, 0.3) is 0 Å². The third-order valence-electron chi connectivity index (χ3n) is 3.23. The summed E-state index contributed by atoms with van der Waals surface area (Å²) in [5.41, 5.74) is 0.657. The molecule has 2 heteroatoms. The van der Waals surface area contributed by atoms with Gasteiger partial charge in [-0.1, -0.05) is 75.1 Å². The maximum atomic E-state index is 11.8. The Morgan fingerprint density at radius 2 is 1.57 bits per heavy atom. The smallest absolute Gasteiger partial charge is 0.185 e. The fraction of sp³-hybridized carbons (Fsp3) is 0.368. The summed E-state index contributed by atoms with van der Waals surface area (Å²) in [4.78, 5) is 23.3. The topological polar surface area (TPSA) is 34.1 Å². The molecule has 1 aromatic carbocycles. The van der Waals surface area contributed by atoms with Crippen molar-refractivity contribution in [3.63, 3.8) is 0 Å². The molecular formula is C19H24O2. The number of allylic oxidation sites excluding steroid dienone is 4. The lowest BCUT2D eigenvalue weighted by molar-refractivity contribution is -0.114. The van der Waals surface area contributed by atoms with Crippen LogP contribution in [0.15, 0.2) is 54.6 Å². The maximum Gasteiger partial charge on any atom is 0.185 e. The molecule has 0 aliphatic carbocycles. The molecule has 0 N–H and O–H groups in total. The van der Waals surface area contributed by atoms with Crippen LogP contribution in [0.2, 0.25) is 0 Å². The molecule has 0 aliphatic rings. The molecule has 0 aromatic heterocycles. The monoisotopic (exact) mass is 284 g/mol. The summed E-state index contributed by atoms with van der Waals surface area (Å²) in [6, 6.07) is 9.09. The van der Waals surface area contributed by atoms with E-state index in [1.165, 1.54) is 25.3 Å². The highest BCUT2D eigenvalue weighted by atomic mass is 16.1. The van der Waals surface area contributed by atoms with Crippen LogP contribution in [0.1, 0.15) is 55.8 Å². The lowest BCUT2D eigenvalue weighted by Gasteiger charge is -1.96. The predicted molar refractivity (Wildman–Crippen MR) is 87.4 cm³/mol. The fourth-order valence-corrected chi connectivity index (χ4v) is 1.99. The van der Waals surface area contributed by atoms with Gasteiger partial charge in [0.1, 0.15) is 0 Å². The van der Waals surface area contributed by atoms with Gasteiger partial charge in [0.15, 0.2) is 11.6 Å². The summed E-state index contributed by atoms with van der Waals surface area (Å²) in [5.74, 6) is 0.0792. The Morgan fingerprint density at radius 3 is 2.29 bits per heavy atom. The number of hydrogen-bond acceptors (Lipinski definition) is 2. The van der Waals surface area contributed by atoms with Crippen molar-refractivity contribution in [2.45, 2.75) is 45.4 Å². The minimum Gasteiger partial charge on any atom is -0.295 e. The summed E-state index contributed by atoms with van der Waals surface area (Å²) < 4.78 is 0. The van der Waals surface area contributed by atoms with E-state index in [4.69, 9.17) is 0 Å². The highest BCUT2D eigenvalue weighted by Crippen LogP contribution is 2.05. The first-order valence-electron chi connectivity index (χ1n) is 7.71. The van der Waals surface area contributed by atoms with Crippen molar-refractivity contribution in [2.24, 2.45) is 0 Å². The Hall–Kier alpha value is -1.96. The van der Waals surface area contributed by atoms with Crippen LogP contribution in [0.3, 0.4) is 0 Å². The van der Waals surface area contributed by atoms with Gasteiger partial charge in [-0.2, -0.15) is 0 Å². The summed E-state index contributed by atoms with van der Waals surface area (Å²) in [5, 5.41) is 0. The van der Waals surface area contributed by atoms with Crippen molar-refractivity contribution in [3.8, 4) is 0 Å². The van der Waals surface area contributed by atoms with E-state index < -0.39 is 0 Å². The zero-order chi connectivity index (χ0) is 15.3. The molecule has 0 bridgehead atoms. The third kappa shape index (κ3) is 8.03. The second kappa shape index (κ2) is 10.8. The van der Waals surface area contributed by atoms with Crippen molar-refractivity contribution < 1.29 is 9.59 Å². The molecule has 21 heavy (non-hydrogen) atoms. The van der Waals surface area contributed by atoms with Gasteiger partial charge in [-0.3, -0.25) is 9.59 Å². The molecule has 112 valence electrons. The van der Waals surface area contributed by atoms with Gasteiger partial charge in [-0.05, 0) is 18.6 Å². The van der Waals surface area contributed by atoms with Gasteiger partial charge in [0, 0.05) is 12.0 Å². The van der Waals surface area contributed by atoms with Gasteiger partial charge in [0.05, 0.1) is 0 Å². The van der Waals surface area contributed by atoms with Crippen LogP contribution < -0.4 is 0 Å². The van der Waals surface area contributed by atoms with Crippen molar-refractivity contribution in [3.05, 3.63) is 60.2 Å². The summed E-state index contributed by atoms with van der Waals surface area (Å²) in [6.45, 7) is 2.18. The highest BCUT2D eigenvalue weighted by Gasteiger charge is 1.98. The SMILES string of the molecule is CCCCCCCC(=O)/C=C/C=C/C(=O)c1ccccc1. The minimum atomic E-state index is -0.0488. The molecule has 0 atom stereocenters. The second-order valence-electron chi connectivity index (χ2n) is 5.08. The molecule has 0 aliphatic heterocycles. The number of carbonyl (C=O) groups is 2. The Labute approximate surface area is 127 Å². The van der Waals surface area contributed by atoms with Crippen molar-refractivity contribution in [2.75, 3.05) is 0 Å². The van der Waals surface area contributed by atoms with Crippen LogP contribution >= 0.6 is 0 Å². The fourth-order valence-electron chi connectivity index (χ4n) is 1.99. The van der Waals surface area contributed by atoms with Gasteiger partial charge >= 0.3 is 0 Å². The van der Waals surface area contributed by atoms with Crippen LogP contribution in [0, 0.1) is 0 Å². The Morgan fingerprint density at radius 1 is 0.905 bits per heavy atom. The van der Waals surface area contributed by atoms with Gasteiger partial charge in [0.2, 0.25) is 0 Å². The lowest BCUT2D eigenvalue weighted by Crippen LogP contribution is -1.93. The second-order valence-corrected chi connectivity index (χ2v) is 5.08. The van der Waals surface area contributed by atoms with Crippen molar-refractivity contribution in [1.29, 1.82) is 0 Å². The molecule has 0 amide bonds. The molecule has 0 saturated heterocycles. The average Bonchev–Trinajstić information content (AvgIpc) is 2.52. The quantitative estimate of drug-likeness (QED) is 0.265. The van der Waals surface area contributed by atoms with E-state index in [0.29, 0.717) is 12.0 Å². The summed E-state index contributed by atoms with van der Waals surface area (Å²) in [7, 11) is 0.